The molecule has 1 aliphatic heterocycles. The molecular weight excluding hydrogens is 280 g/mol. The van der Waals surface area contributed by atoms with Crippen LogP contribution in [0.5, 0.6) is 0 Å². The third-order valence-corrected chi connectivity index (χ3v) is 4.27. The van der Waals surface area contributed by atoms with E-state index in [1.165, 1.54) is 0 Å². The molecule has 6 nitrogen and oxygen atoms in total. The third-order valence-electron chi connectivity index (χ3n) is 4.27. The molecule has 0 spiro atoms. The van der Waals surface area contributed by atoms with Gasteiger partial charge in [0.25, 0.3) is 0 Å². The van der Waals surface area contributed by atoms with Crippen molar-refractivity contribution in [3.8, 4) is 0 Å². The summed E-state index contributed by atoms with van der Waals surface area (Å²) in [5.74, 6) is 0.851. The monoisotopic (exact) mass is 304 g/mol. The number of β-amino-alcohol motifs (C(OH)–C–C–N with tert-alkyl or cyclic N) is 1. The number of furan rings is 1. The molecule has 1 atom stereocenters. The van der Waals surface area contributed by atoms with Gasteiger partial charge in [-0.3, -0.25) is 4.90 Å². The molecule has 0 bridgehead atoms. The maximum Gasteiger partial charge on any atom is 0.139 e. The fourth-order valence-electron chi connectivity index (χ4n) is 2.97. The first-order valence-electron chi connectivity index (χ1n) is 7.76. The molecule has 22 heavy (non-hydrogen) atoms. The molecule has 0 aliphatic carbocycles. The fourth-order valence-corrected chi connectivity index (χ4v) is 2.97. The first kappa shape index (κ1) is 15.3. The highest BCUT2D eigenvalue weighted by Gasteiger charge is 2.19. The summed E-state index contributed by atoms with van der Waals surface area (Å²) in [6.45, 7) is 5.44. The largest absolute Gasteiger partial charge is 0.464 e. The SMILES string of the molecule is CN1CCN(C[C@@H](O)CN(C)c2nccc3occc23)CC1. The summed E-state index contributed by atoms with van der Waals surface area (Å²) >= 11 is 0. The van der Waals surface area contributed by atoms with Crippen molar-refractivity contribution in [1.29, 1.82) is 0 Å². The molecule has 0 radical (unpaired) electrons. The van der Waals surface area contributed by atoms with Gasteiger partial charge in [0.05, 0.1) is 17.8 Å². The zero-order valence-corrected chi connectivity index (χ0v) is 13.3. The number of piperazine rings is 1. The zero-order chi connectivity index (χ0) is 15.5. The maximum absolute atomic E-state index is 10.4. The van der Waals surface area contributed by atoms with Crippen LogP contribution in [0.1, 0.15) is 0 Å². The highest BCUT2D eigenvalue weighted by molar-refractivity contribution is 5.88. The van der Waals surface area contributed by atoms with Crippen LogP contribution in [0.4, 0.5) is 5.82 Å². The van der Waals surface area contributed by atoms with E-state index in [0.29, 0.717) is 13.1 Å². The van der Waals surface area contributed by atoms with Crippen LogP contribution in [-0.2, 0) is 0 Å². The van der Waals surface area contributed by atoms with Gasteiger partial charge in [0, 0.05) is 52.5 Å². The molecule has 0 amide bonds. The second-order valence-electron chi connectivity index (χ2n) is 6.11. The van der Waals surface area contributed by atoms with Crippen molar-refractivity contribution in [1.82, 2.24) is 14.8 Å². The van der Waals surface area contributed by atoms with E-state index in [-0.39, 0.29) is 0 Å². The molecule has 6 heteroatoms. The molecule has 120 valence electrons. The number of fused-ring (bicyclic) bond motifs is 1. The summed E-state index contributed by atoms with van der Waals surface area (Å²) in [6, 6.07) is 3.77. The highest BCUT2D eigenvalue weighted by atomic mass is 16.3. The van der Waals surface area contributed by atoms with E-state index < -0.39 is 6.10 Å². The van der Waals surface area contributed by atoms with Crippen LogP contribution in [0.15, 0.2) is 29.0 Å². The summed E-state index contributed by atoms with van der Waals surface area (Å²) < 4.78 is 5.40. The molecule has 2 aromatic rings. The number of likely N-dealkylation sites (N-methyl/N-ethyl adjacent to an activating group) is 2. The quantitative estimate of drug-likeness (QED) is 0.885. The minimum atomic E-state index is -0.391. The molecule has 1 N–H and O–H groups in total. The van der Waals surface area contributed by atoms with Crippen LogP contribution in [0.3, 0.4) is 0 Å². The molecule has 0 saturated carbocycles. The van der Waals surface area contributed by atoms with Crippen LogP contribution in [0.2, 0.25) is 0 Å². The number of nitrogens with zero attached hydrogens (tertiary/aromatic N) is 4. The number of anilines is 1. The lowest BCUT2D eigenvalue weighted by Crippen LogP contribution is -2.48. The van der Waals surface area contributed by atoms with E-state index in [0.717, 1.165) is 43.0 Å². The van der Waals surface area contributed by atoms with Gasteiger partial charge >= 0.3 is 0 Å². The summed E-state index contributed by atoms with van der Waals surface area (Å²) in [5, 5.41) is 11.4. The molecule has 0 aromatic carbocycles. The Morgan fingerprint density at radius 2 is 2.09 bits per heavy atom. The van der Waals surface area contributed by atoms with E-state index in [2.05, 4.69) is 21.8 Å². The number of hydrogen-bond donors (Lipinski definition) is 1. The highest BCUT2D eigenvalue weighted by Crippen LogP contribution is 2.24. The van der Waals surface area contributed by atoms with Crippen LogP contribution >= 0.6 is 0 Å². The summed E-state index contributed by atoms with van der Waals surface area (Å²) in [4.78, 5) is 11.1. The molecule has 3 rings (SSSR count). The smallest absolute Gasteiger partial charge is 0.139 e. The molecule has 3 heterocycles. The van der Waals surface area contributed by atoms with Gasteiger partial charge in [0.2, 0.25) is 0 Å². The average molecular weight is 304 g/mol. The Bertz CT molecular complexity index is 607. The second-order valence-corrected chi connectivity index (χ2v) is 6.11. The van der Waals surface area contributed by atoms with Crippen molar-refractivity contribution >= 4 is 16.8 Å². The van der Waals surface area contributed by atoms with Gasteiger partial charge in [-0.05, 0) is 19.2 Å². The Morgan fingerprint density at radius 1 is 1.32 bits per heavy atom. The normalized spacial score (nSPS) is 18.7. The number of aliphatic hydroxyl groups excluding tert-OH is 1. The van der Waals surface area contributed by atoms with Gasteiger partial charge in [0.1, 0.15) is 11.4 Å². The van der Waals surface area contributed by atoms with Gasteiger partial charge in [-0.2, -0.15) is 0 Å². The topological polar surface area (TPSA) is 56.0 Å². The first-order chi connectivity index (χ1) is 10.6. The Balaban J connectivity index is 1.59. The molecule has 2 aromatic heterocycles. The van der Waals surface area contributed by atoms with Gasteiger partial charge in [-0.15, -0.1) is 0 Å². The molecule has 1 saturated heterocycles. The number of aliphatic hydroxyl groups is 1. The number of aromatic nitrogens is 1. The lowest BCUT2D eigenvalue weighted by molar-refractivity contribution is 0.0842. The van der Waals surface area contributed by atoms with Crippen LogP contribution in [-0.4, -0.2) is 79.4 Å². The Kier molecular flexibility index (Phi) is 4.61. The van der Waals surface area contributed by atoms with Crippen LogP contribution in [0, 0.1) is 0 Å². The van der Waals surface area contributed by atoms with Gasteiger partial charge in [0.15, 0.2) is 0 Å². The van der Waals surface area contributed by atoms with Crippen molar-refractivity contribution in [2.45, 2.75) is 6.10 Å². The zero-order valence-electron chi connectivity index (χ0n) is 13.3. The first-order valence-corrected chi connectivity index (χ1v) is 7.76. The minimum Gasteiger partial charge on any atom is -0.464 e. The molecule has 1 fully saturated rings. The average Bonchev–Trinajstić information content (AvgIpc) is 2.97. The number of pyridine rings is 1. The summed E-state index contributed by atoms with van der Waals surface area (Å²) in [5.41, 5.74) is 0.824. The predicted octanol–water partition coefficient (Wildman–Crippen LogP) is 0.872. The summed E-state index contributed by atoms with van der Waals surface area (Å²) in [6.07, 6.45) is 3.02. The Hall–Kier alpha value is -1.63. The van der Waals surface area contributed by atoms with Gasteiger partial charge < -0.3 is 19.3 Å². The standard InChI is InChI=1S/C16H24N4O2/c1-18-6-8-20(9-7-18)12-13(21)11-19(2)16-14-4-10-22-15(14)3-5-17-16/h3-5,10,13,21H,6-9,11-12H2,1-2H3/t13-/m0/s1. The summed E-state index contributed by atoms with van der Waals surface area (Å²) in [7, 11) is 4.10. The Morgan fingerprint density at radius 3 is 2.86 bits per heavy atom. The number of hydrogen-bond acceptors (Lipinski definition) is 6. The maximum atomic E-state index is 10.4. The van der Waals surface area contributed by atoms with E-state index in [4.69, 9.17) is 4.42 Å². The van der Waals surface area contributed by atoms with E-state index in [1.54, 1.807) is 12.5 Å². The Labute approximate surface area is 130 Å². The molecule has 1 aliphatic rings. The van der Waals surface area contributed by atoms with Gasteiger partial charge in [-0.1, -0.05) is 0 Å². The van der Waals surface area contributed by atoms with E-state index in [9.17, 15) is 5.11 Å². The lowest BCUT2D eigenvalue weighted by atomic mass is 10.2. The lowest BCUT2D eigenvalue weighted by Gasteiger charge is -2.34. The molecule has 0 unspecified atom stereocenters. The predicted molar refractivity (Wildman–Crippen MR) is 87.2 cm³/mol. The van der Waals surface area contributed by atoms with Crippen LogP contribution in [0.25, 0.3) is 11.0 Å². The minimum absolute atomic E-state index is 0.391. The fraction of sp³-hybridized carbons (Fsp3) is 0.562. The van der Waals surface area contributed by atoms with Crippen molar-refractivity contribution in [2.24, 2.45) is 0 Å². The van der Waals surface area contributed by atoms with E-state index in [1.807, 2.05) is 24.1 Å². The van der Waals surface area contributed by atoms with E-state index >= 15 is 0 Å². The van der Waals surface area contributed by atoms with Crippen molar-refractivity contribution in [3.63, 3.8) is 0 Å². The third kappa shape index (κ3) is 3.40. The second kappa shape index (κ2) is 6.64. The van der Waals surface area contributed by atoms with Crippen molar-refractivity contribution in [2.75, 3.05) is 58.3 Å². The van der Waals surface area contributed by atoms with Crippen molar-refractivity contribution < 1.29 is 9.52 Å². The van der Waals surface area contributed by atoms with Crippen molar-refractivity contribution in [3.05, 3.63) is 24.6 Å². The van der Waals surface area contributed by atoms with Crippen LogP contribution < -0.4 is 4.90 Å². The molecular formula is C16H24N4O2. The van der Waals surface area contributed by atoms with Gasteiger partial charge in [-0.25, -0.2) is 4.98 Å². The number of rotatable bonds is 5.